The van der Waals surface area contributed by atoms with Gasteiger partial charge in [0, 0.05) is 24.8 Å². The average molecular weight is 440 g/mol. The molecule has 1 aromatic heterocycles. The molecule has 1 atom stereocenters. The van der Waals surface area contributed by atoms with Gasteiger partial charge >= 0.3 is 12.2 Å². The van der Waals surface area contributed by atoms with Gasteiger partial charge in [0.1, 0.15) is 18.0 Å². The van der Waals surface area contributed by atoms with Crippen LogP contribution in [0.4, 0.5) is 15.4 Å². The van der Waals surface area contributed by atoms with Crippen LogP contribution < -0.4 is 4.90 Å². The number of hydrogen-bond donors (Lipinski definition) is 0. The third-order valence-electron chi connectivity index (χ3n) is 5.30. The zero-order valence-corrected chi connectivity index (χ0v) is 19.4. The maximum absolute atomic E-state index is 13.0. The standard InChI is InChI=1S/C25H33N3O4/c1-5-27(24(30)32-25(2,3)4)22-20(14-11-16-26-22)21-15-9-10-17-28(21)23(29)31-18-19-12-7-6-8-13-19/h6-8,11-14,16,21H,5,9-10,15,17-18H2,1-4H3/t21-/m0/s1. The molecule has 0 radical (unpaired) electrons. The molecule has 1 aliphatic heterocycles. The molecule has 1 fully saturated rings. The van der Waals surface area contributed by atoms with Crippen molar-refractivity contribution >= 4 is 18.0 Å². The predicted octanol–water partition coefficient (Wildman–Crippen LogP) is 5.71. The van der Waals surface area contributed by atoms with Gasteiger partial charge in [-0.05, 0) is 58.6 Å². The number of nitrogens with zero attached hydrogens (tertiary/aromatic N) is 3. The Morgan fingerprint density at radius 1 is 1.12 bits per heavy atom. The van der Waals surface area contributed by atoms with Gasteiger partial charge in [-0.3, -0.25) is 4.90 Å². The zero-order valence-electron chi connectivity index (χ0n) is 19.4. The maximum Gasteiger partial charge on any atom is 0.415 e. The molecule has 2 aromatic rings. The third-order valence-corrected chi connectivity index (χ3v) is 5.30. The third kappa shape index (κ3) is 5.99. The molecule has 0 unspecified atom stereocenters. The number of pyridine rings is 1. The van der Waals surface area contributed by atoms with E-state index < -0.39 is 11.7 Å². The molecule has 7 heteroatoms. The van der Waals surface area contributed by atoms with E-state index in [0.29, 0.717) is 18.9 Å². The van der Waals surface area contributed by atoms with Gasteiger partial charge < -0.3 is 14.4 Å². The number of amides is 2. The number of piperidine rings is 1. The van der Waals surface area contributed by atoms with E-state index in [9.17, 15) is 9.59 Å². The first kappa shape index (κ1) is 23.6. The van der Waals surface area contributed by atoms with Gasteiger partial charge in [-0.25, -0.2) is 14.6 Å². The van der Waals surface area contributed by atoms with Crippen molar-refractivity contribution in [1.29, 1.82) is 0 Å². The first-order valence-corrected chi connectivity index (χ1v) is 11.2. The Bertz CT molecular complexity index is 911. The molecule has 3 rings (SSSR count). The fourth-order valence-corrected chi connectivity index (χ4v) is 3.85. The van der Waals surface area contributed by atoms with E-state index in [1.165, 1.54) is 4.90 Å². The van der Waals surface area contributed by atoms with Crippen molar-refractivity contribution in [3.05, 3.63) is 59.8 Å². The Morgan fingerprint density at radius 3 is 2.56 bits per heavy atom. The summed E-state index contributed by atoms with van der Waals surface area (Å²) < 4.78 is 11.2. The minimum Gasteiger partial charge on any atom is -0.445 e. The molecule has 0 saturated carbocycles. The lowest BCUT2D eigenvalue weighted by Crippen LogP contribution is -2.41. The Labute approximate surface area is 190 Å². The summed E-state index contributed by atoms with van der Waals surface area (Å²) >= 11 is 0. The summed E-state index contributed by atoms with van der Waals surface area (Å²) in [6.07, 6.45) is 3.54. The summed E-state index contributed by atoms with van der Waals surface area (Å²) in [5, 5.41) is 0. The van der Waals surface area contributed by atoms with Crippen LogP contribution in [0.5, 0.6) is 0 Å². The first-order valence-electron chi connectivity index (χ1n) is 11.2. The summed E-state index contributed by atoms with van der Waals surface area (Å²) in [5.74, 6) is 0.525. The van der Waals surface area contributed by atoms with Crippen LogP contribution in [0.25, 0.3) is 0 Å². The summed E-state index contributed by atoms with van der Waals surface area (Å²) in [6, 6.07) is 13.2. The van der Waals surface area contributed by atoms with Crippen LogP contribution in [-0.4, -0.2) is 40.8 Å². The number of carbonyl (C=O) groups is 2. The monoisotopic (exact) mass is 439 g/mol. The van der Waals surface area contributed by atoms with E-state index in [0.717, 1.165) is 30.4 Å². The number of likely N-dealkylation sites (tertiary alicyclic amines) is 1. The van der Waals surface area contributed by atoms with Gasteiger partial charge in [-0.15, -0.1) is 0 Å². The number of ether oxygens (including phenoxy) is 2. The van der Waals surface area contributed by atoms with Gasteiger partial charge in [0.15, 0.2) is 0 Å². The number of benzene rings is 1. The molecule has 2 heterocycles. The molecule has 2 amide bonds. The van der Waals surface area contributed by atoms with Crippen molar-refractivity contribution in [2.75, 3.05) is 18.0 Å². The normalized spacial score (nSPS) is 16.4. The van der Waals surface area contributed by atoms with Crippen LogP contribution in [0.15, 0.2) is 48.7 Å². The van der Waals surface area contributed by atoms with Crippen LogP contribution in [0.3, 0.4) is 0 Å². The molecule has 32 heavy (non-hydrogen) atoms. The van der Waals surface area contributed by atoms with E-state index in [4.69, 9.17) is 9.47 Å². The van der Waals surface area contributed by atoms with Crippen LogP contribution in [0, 0.1) is 0 Å². The molecule has 1 aromatic carbocycles. The smallest absolute Gasteiger partial charge is 0.415 e. The number of carbonyl (C=O) groups excluding carboxylic acids is 2. The summed E-state index contributed by atoms with van der Waals surface area (Å²) in [6.45, 7) is 8.63. The Kier molecular flexibility index (Phi) is 7.72. The summed E-state index contributed by atoms with van der Waals surface area (Å²) in [7, 11) is 0. The second-order valence-electron chi connectivity index (χ2n) is 8.89. The second kappa shape index (κ2) is 10.5. The van der Waals surface area contributed by atoms with E-state index in [1.54, 1.807) is 11.1 Å². The van der Waals surface area contributed by atoms with E-state index in [1.807, 2.05) is 70.2 Å². The Balaban J connectivity index is 1.83. The van der Waals surface area contributed by atoms with Crippen molar-refractivity contribution in [2.45, 2.75) is 65.2 Å². The highest BCUT2D eigenvalue weighted by Gasteiger charge is 2.33. The molecule has 172 valence electrons. The molecular formula is C25H33N3O4. The average Bonchev–Trinajstić information content (AvgIpc) is 2.78. The summed E-state index contributed by atoms with van der Waals surface area (Å²) in [5.41, 5.74) is 1.16. The molecule has 1 aliphatic rings. The lowest BCUT2D eigenvalue weighted by Gasteiger charge is -2.37. The molecule has 1 saturated heterocycles. The maximum atomic E-state index is 13.0. The van der Waals surface area contributed by atoms with Crippen molar-refractivity contribution in [1.82, 2.24) is 9.88 Å². The van der Waals surface area contributed by atoms with Crippen LogP contribution in [0.1, 0.15) is 64.1 Å². The lowest BCUT2D eigenvalue weighted by molar-refractivity contribution is 0.0579. The highest BCUT2D eigenvalue weighted by molar-refractivity contribution is 5.87. The van der Waals surface area contributed by atoms with E-state index in [2.05, 4.69) is 4.98 Å². The zero-order chi connectivity index (χ0) is 23.1. The minimum absolute atomic E-state index is 0.216. The molecule has 0 spiro atoms. The molecule has 0 N–H and O–H groups in total. The fourth-order valence-electron chi connectivity index (χ4n) is 3.85. The quantitative estimate of drug-likeness (QED) is 0.597. The van der Waals surface area contributed by atoms with Crippen molar-refractivity contribution in [3.8, 4) is 0 Å². The van der Waals surface area contributed by atoms with Crippen LogP contribution in [-0.2, 0) is 16.1 Å². The number of hydrogen-bond acceptors (Lipinski definition) is 5. The van der Waals surface area contributed by atoms with Gasteiger partial charge in [0.2, 0.25) is 0 Å². The predicted molar refractivity (Wildman–Crippen MR) is 123 cm³/mol. The van der Waals surface area contributed by atoms with E-state index >= 15 is 0 Å². The van der Waals surface area contributed by atoms with Gasteiger partial charge in [-0.1, -0.05) is 36.4 Å². The van der Waals surface area contributed by atoms with Gasteiger partial charge in [0.25, 0.3) is 0 Å². The highest BCUT2D eigenvalue weighted by atomic mass is 16.6. The van der Waals surface area contributed by atoms with Crippen molar-refractivity contribution < 1.29 is 19.1 Å². The topological polar surface area (TPSA) is 72.0 Å². The number of rotatable bonds is 5. The minimum atomic E-state index is -0.614. The molecule has 0 bridgehead atoms. The fraction of sp³-hybridized carbons (Fsp3) is 0.480. The first-order chi connectivity index (χ1) is 15.3. The molecule has 7 nitrogen and oxygen atoms in total. The Hall–Kier alpha value is -3.09. The highest BCUT2D eigenvalue weighted by Crippen LogP contribution is 2.36. The lowest BCUT2D eigenvalue weighted by atomic mass is 9.95. The number of anilines is 1. The van der Waals surface area contributed by atoms with Crippen molar-refractivity contribution in [2.24, 2.45) is 0 Å². The number of aromatic nitrogens is 1. The van der Waals surface area contributed by atoms with Crippen LogP contribution >= 0.6 is 0 Å². The van der Waals surface area contributed by atoms with Crippen molar-refractivity contribution in [3.63, 3.8) is 0 Å². The van der Waals surface area contributed by atoms with Crippen LogP contribution in [0.2, 0.25) is 0 Å². The SMILES string of the molecule is CCN(C(=O)OC(C)(C)C)c1ncccc1[C@@H]1CCCCN1C(=O)OCc1ccccc1. The van der Waals surface area contributed by atoms with E-state index in [-0.39, 0.29) is 18.7 Å². The van der Waals surface area contributed by atoms with Gasteiger partial charge in [0.05, 0.1) is 6.04 Å². The largest absolute Gasteiger partial charge is 0.445 e. The molecular weight excluding hydrogens is 406 g/mol. The Morgan fingerprint density at radius 2 is 1.88 bits per heavy atom. The second-order valence-corrected chi connectivity index (χ2v) is 8.89. The van der Waals surface area contributed by atoms with Gasteiger partial charge in [-0.2, -0.15) is 0 Å². The molecule has 0 aliphatic carbocycles. The summed E-state index contributed by atoms with van der Waals surface area (Å²) in [4.78, 5) is 33.7.